The molecular formula is C16H22ClF3N4O2+2. The van der Waals surface area contributed by atoms with Crippen molar-refractivity contribution in [1.82, 2.24) is 10.6 Å². The maximum Gasteiger partial charge on any atom is 0.405 e. The summed E-state index contributed by atoms with van der Waals surface area (Å²) in [5, 5.41) is 4.23. The average molecular weight is 395 g/mol. The zero-order valence-electron chi connectivity index (χ0n) is 14.1. The van der Waals surface area contributed by atoms with Crippen LogP contribution in [0.25, 0.3) is 0 Å². The molecule has 0 aliphatic carbocycles. The maximum atomic E-state index is 12.0. The van der Waals surface area contributed by atoms with Crippen LogP contribution in [-0.2, 0) is 11.3 Å². The van der Waals surface area contributed by atoms with Gasteiger partial charge in [0.2, 0.25) is 0 Å². The number of halogens is 4. The predicted octanol–water partition coefficient (Wildman–Crippen LogP) is -0.988. The van der Waals surface area contributed by atoms with E-state index >= 15 is 0 Å². The summed E-state index contributed by atoms with van der Waals surface area (Å²) in [4.78, 5) is 25.4. The molecule has 0 radical (unpaired) electrons. The second kappa shape index (κ2) is 9.20. The lowest BCUT2D eigenvalue weighted by Gasteiger charge is -2.29. The van der Waals surface area contributed by atoms with Gasteiger partial charge in [0.15, 0.2) is 6.54 Å². The standard InChI is InChI=1S/C16H20ClF3N4O2/c17-13-3-1-12(2-4-13)9-23-5-7-24(8-6-23)10-14(25)22-15(26)21-11-16(18,19)20/h1-4H,5-11H2,(H2,21,22,25,26)/p+2. The quantitative estimate of drug-likeness (QED) is 0.518. The van der Waals surface area contributed by atoms with Crippen molar-refractivity contribution in [1.29, 1.82) is 0 Å². The van der Waals surface area contributed by atoms with Gasteiger partial charge in [-0.25, -0.2) is 4.79 Å². The van der Waals surface area contributed by atoms with Crippen molar-refractivity contribution in [2.45, 2.75) is 12.7 Å². The molecule has 1 aromatic carbocycles. The Morgan fingerprint density at radius 3 is 2.19 bits per heavy atom. The minimum absolute atomic E-state index is 0.0632. The number of benzene rings is 1. The lowest BCUT2D eigenvalue weighted by atomic mass is 10.2. The number of hydrogen-bond acceptors (Lipinski definition) is 2. The number of quaternary nitrogens is 2. The number of imide groups is 1. The third-order valence-electron chi connectivity index (χ3n) is 4.14. The fourth-order valence-corrected chi connectivity index (χ4v) is 2.95. The van der Waals surface area contributed by atoms with Crippen molar-refractivity contribution >= 4 is 23.5 Å². The van der Waals surface area contributed by atoms with Gasteiger partial charge in [0.1, 0.15) is 39.3 Å². The molecule has 2 rings (SSSR count). The average Bonchev–Trinajstić information content (AvgIpc) is 2.56. The van der Waals surface area contributed by atoms with E-state index in [4.69, 9.17) is 11.6 Å². The number of alkyl halides is 3. The highest BCUT2D eigenvalue weighted by molar-refractivity contribution is 6.30. The second-order valence-electron chi connectivity index (χ2n) is 6.33. The number of carbonyl (C=O) groups excluding carboxylic acids is 2. The molecule has 3 amide bonds. The summed E-state index contributed by atoms with van der Waals surface area (Å²) in [6.07, 6.45) is -4.51. The molecular weight excluding hydrogens is 373 g/mol. The lowest BCUT2D eigenvalue weighted by Crippen LogP contribution is -3.28. The van der Waals surface area contributed by atoms with Crippen molar-refractivity contribution in [3.8, 4) is 0 Å². The minimum Gasteiger partial charge on any atom is -0.329 e. The largest absolute Gasteiger partial charge is 0.405 e. The van der Waals surface area contributed by atoms with E-state index in [1.165, 1.54) is 10.5 Å². The van der Waals surface area contributed by atoms with Gasteiger partial charge in [0, 0.05) is 10.6 Å². The first-order valence-corrected chi connectivity index (χ1v) is 8.65. The lowest BCUT2D eigenvalue weighted by molar-refractivity contribution is -1.02. The number of piperazine rings is 1. The summed E-state index contributed by atoms with van der Waals surface area (Å²) in [5.74, 6) is -0.583. The Balaban J connectivity index is 1.67. The molecule has 4 N–H and O–H groups in total. The molecule has 0 aromatic heterocycles. The molecule has 10 heteroatoms. The molecule has 1 fully saturated rings. The van der Waals surface area contributed by atoms with Gasteiger partial charge in [-0.15, -0.1) is 0 Å². The first-order valence-electron chi connectivity index (χ1n) is 8.27. The third kappa shape index (κ3) is 7.59. The Bertz CT molecular complexity index is 617. The summed E-state index contributed by atoms with van der Waals surface area (Å²) < 4.78 is 36.0. The van der Waals surface area contributed by atoms with E-state index in [0.717, 1.165) is 37.6 Å². The Labute approximate surface area is 154 Å². The Morgan fingerprint density at radius 2 is 1.62 bits per heavy atom. The number of urea groups is 1. The predicted molar refractivity (Wildman–Crippen MR) is 89.0 cm³/mol. The van der Waals surface area contributed by atoms with Crippen molar-refractivity contribution < 1.29 is 32.6 Å². The van der Waals surface area contributed by atoms with E-state index in [9.17, 15) is 22.8 Å². The third-order valence-corrected chi connectivity index (χ3v) is 4.40. The van der Waals surface area contributed by atoms with Gasteiger partial charge in [-0.05, 0) is 12.1 Å². The molecule has 144 valence electrons. The van der Waals surface area contributed by atoms with Crippen LogP contribution in [0.3, 0.4) is 0 Å². The van der Waals surface area contributed by atoms with E-state index < -0.39 is 24.7 Å². The number of hydrogen-bond donors (Lipinski definition) is 4. The number of amides is 3. The van der Waals surface area contributed by atoms with Gasteiger partial charge in [-0.3, -0.25) is 10.1 Å². The summed E-state index contributed by atoms with van der Waals surface area (Å²) >= 11 is 5.87. The molecule has 1 saturated heterocycles. The van der Waals surface area contributed by atoms with Crippen molar-refractivity contribution in [2.24, 2.45) is 0 Å². The summed E-state index contributed by atoms with van der Waals surface area (Å²) in [6, 6.07) is 6.56. The fraction of sp³-hybridized carbons (Fsp3) is 0.500. The summed E-state index contributed by atoms with van der Waals surface area (Å²) in [5.41, 5.74) is 1.19. The molecule has 0 saturated carbocycles. The minimum atomic E-state index is -4.51. The van der Waals surface area contributed by atoms with Gasteiger partial charge in [0.25, 0.3) is 5.91 Å². The zero-order valence-corrected chi connectivity index (χ0v) is 14.8. The maximum absolute atomic E-state index is 12.0. The van der Waals surface area contributed by atoms with Crippen LogP contribution in [0.4, 0.5) is 18.0 Å². The second-order valence-corrected chi connectivity index (χ2v) is 6.76. The number of rotatable bonds is 5. The van der Waals surface area contributed by atoms with E-state index in [1.54, 1.807) is 5.32 Å². The van der Waals surface area contributed by atoms with Crippen LogP contribution in [0.5, 0.6) is 0 Å². The van der Waals surface area contributed by atoms with Crippen molar-refractivity contribution in [2.75, 3.05) is 39.3 Å². The molecule has 0 atom stereocenters. The van der Waals surface area contributed by atoms with E-state index in [-0.39, 0.29) is 6.54 Å². The first-order chi connectivity index (χ1) is 12.2. The zero-order chi connectivity index (χ0) is 19.2. The van der Waals surface area contributed by atoms with Gasteiger partial charge < -0.3 is 15.1 Å². The van der Waals surface area contributed by atoms with Crippen LogP contribution in [0.1, 0.15) is 5.56 Å². The highest BCUT2D eigenvalue weighted by atomic mass is 35.5. The Morgan fingerprint density at radius 1 is 1.04 bits per heavy atom. The number of carbonyl (C=O) groups is 2. The molecule has 1 heterocycles. The van der Waals surface area contributed by atoms with Crippen LogP contribution in [0, 0.1) is 0 Å². The Hall–Kier alpha value is -1.84. The molecule has 1 aliphatic heterocycles. The molecule has 26 heavy (non-hydrogen) atoms. The summed E-state index contributed by atoms with van der Waals surface area (Å²) in [6.45, 7) is 2.70. The van der Waals surface area contributed by atoms with Crippen molar-refractivity contribution in [3.05, 3.63) is 34.9 Å². The van der Waals surface area contributed by atoms with Crippen molar-refractivity contribution in [3.63, 3.8) is 0 Å². The van der Waals surface area contributed by atoms with Crippen LogP contribution in [0.2, 0.25) is 5.02 Å². The molecule has 1 aliphatic rings. The smallest absolute Gasteiger partial charge is 0.329 e. The van der Waals surface area contributed by atoms with E-state index in [1.807, 2.05) is 29.6 Å². The van der Waals surface area contributed by atoms with Crippen LogP contribution >= 0.6 is 11.6 Å². The highest BCUT2D eigenvalue weighted by Crippen LogP contribution is 2.11. The SMILES string of the molecule is O=C(C[NH+]1CC[NH+](Cc2ccc(Cl)cc2)CC1)NC(=O)NCC(F)(F)F. The Kier molecular flexibility index (Phi) is 7.24. The van der Waals surface area contributed by atoms with E-state index in [0.29, 0.717) is 5.02 Å². The van der Waals surface area contributed by atoms with Crippen LogP contribution in [-0.4, -0.2) is 57.4 Å². The van der Waals surface area contributed by atoms with Gasteiger partial charge >= 0.3 is 12.2 Å². The fourth-order valence-electron chi connectivity index (χ4n) is 2.82. The van der Waals surface area contributed by atoms with Crippen LogP contribution in [0.15, 0.2) is 24.3 Å². The van der Waals surface area contributed by atoms with Crippen LogP contribution < -0.4 is 20.4 Å². The first kappa shape index (κ1) is 20.5. The molecule has 0 unspecified atom stereocenters. The van der Waals surface area contributed by atoms with Gasteiger partial charge in [-0.1, -0.05) is 23.7 Å². The molecule has 0 spiro atoms. The topological polar surface area (TPSA) is 67.1 Å². The highest BCUT2D eigenvalue weighted by Gasteiger charge is 2.29. The number of nitrogens with one attached hydrogen (secondary N) is 4. The summed E-state index contributed by atoms with van der Waals surface area (Å²) in [7, 11) is 0. The molecule has 1 aromatic rings. The monoisotopic (exact) mass is 394 g/mol. The normalized spacial score (nSPS) is 20.5. The van der Waals surface area contributed by atoms with Gasteiger partial charge in [0.05, 0.1) is 0 Å². The molecule has 6 nitrogen and oxygen atoms in total. The van der Waals surface area contributed by atoms with Gasteiger partial charge in [-0.2, -0.15) is 13.2 Å². The molecule has 0 bridgehead atoms. The van der Waals surface area contributed by atoms with E-state index in [2.05, 4.69) is 0 Å².